The van der Waals surface area contributed by atoms with Gasteiger partial charge in [0.1, 0.15) is 23.5 Å². The lowest BCUT2D eigenvalue weighted by atomic mass is 10.2. The summed E-state index contributed by atoms with van der Waals surface area (Å²) in [5, 5.41) is 14.5. The first-order valence-electron chi connectivity index (χ1n) is 8.03. The lowest BCUT2D eigenvalue weighted by Crippen LogP contribution is -2.48. The summed E-state index contributed by atoms with van der Waals surface area (Å²) in [5.74, 6) is -0.504. The Morgan fingerprint density at radius 1 is 1.38 bits per heavy atom. The third kappa shape index (κ3) is 7.19. The van der Waals surface area contributed by atoms with Crippen LogP contribution in [-0.4, -0.2) is 51.2 Å². The molecule has 0 radical (unpaired) electrons. The molecule has 1 aromatic rings. The normalized spacial score (nSPS) is 12.2. The highest BCUT2D eigenvalue weighted by atomic mass is 32.2. The smallest absolute Gasteiger partial charge is 0.238 e. The molecule has 0 aliphatic carbocycles. The van der Waals surface area contributed by atoms with Crippen LogP contribution in [0.3, 0.4) is 0 Å². The molecule has 1 unspecified atom stereocenters. The number of nitrogens with zero attached hydrogens (tertiary/aromatic N) is 1. The number of rotatable bonds is 11. The Kier molecular flexibility index (Phi) is 9.40. The van der Waals surface area contributed by atoms with Gasteiger partial charge in [-0.05, 0) is 37.5 Å². The highest BCUT2D eigenvalue weighted by Crippen LogP contribution is 2.17. The van der Waals surface area contributed by atoms with Gasteiger partial charge in [-0.25, -0.2) is 17.5 Å². The van der Waals surface area contributed by atoms with E-state index in [4.69, 9.17) is 5.26 Å². The van der Waals surface area contributed by atoms with Gasteiger partial charge in [-0.1, -0.05) is 6.07 Å². The van der Waals surface area contributed by atoms with Crippen LogP contribution < -0.4 is 15.4 Å². The van der Waals surface area contributed by atoms with Crippen LogP contribution >= 0.6 is 11.8 Å². The van der Waals surface area contributed by atoms with Gasteiger partial charge in [0.05, 0.1) is 11.4 Å². The number of thioether (sulfide) groups is 1. The minimum Gasteiger partial charge on any atom is -0.382 e. The largest absolute Gasteiger partial charge is 0.382 e. The molecule has 0 saturated carbocycles. The molecule has 7 nitrogen and oxygen atoms in total. The Hall–Kier alpha value is -1.83. The van der Waals surface area contributed by atoms with E-state index in [0.717, 1.165) is 0 Å². The van der Waals surface area contributed by atoms with Crippen molar-refractivity contribution in [3.8, 4) is 6.07 Å². The Balaban J connectivity index is 2.57. The van der Waals surface area contributed by atoms with Crippen molar-refractivity contribution >= 4 is 33.4 Å². The van der Waals surface area contributed by atoms with Gasteiger partial charge in [-0.2, -0.15) is 17.0 Å². The zero-order valence-corrected chi connectivity index (χ0v) is 16.3. The summed E-state index contributed by atoms with van der Waals surface area (Å²) >= 11 is 1.52. The van der Waals surface area contributed by atoms with Gasteiger partial charge in [-0.15, -0.1) is 0 Å². The summed E-state index contributed by atoms with van der Waals surface area (Å²) in [6.45, 7) is 1.96. The molecular weight excluding hydrogens is 379 g/mol. The number of anilines is 1. The van der Waals surface area contributed by atoms with Gasteiger partial charge in [0.25, 0.3) is 0 Å². The quantitative estimate of drug-likeness (QED) is 0.481. The second-order valence-electron chi connectivity index (χ2n) is 5.35. The maximum Gasteiger partial charge on any atom is 0.238 e. The SMILES string of the molecule is CCS(=O)(=O)NC(CCSC)C(=O)NCCNc1cccc(F)c1C#N. The van der Waals surface area contributed by atoms with Crippen LogP contribution in [0.15, 0.2) is 18.2 Å². The zero-order valence-electron chi connectivity index (χ0n) is 14.7. The molecule has 0 spiro atoms. The number of sulfonamides is 1. The fourth-order valence-corrected chi connectivity index (χ4v) is 3.37. The van der Waals surface area contributed by atoms with Crippen molar-refractivity contribution in [3.63, 3.8) is 0 Å². The summed E-state index contributed by atoms with van der Waals surface area (Å²) < 4.78 is 39.3. The monoisotopic (exact) mass is 402 g/mol. The summed E-state index contributed by atoms with van der Waals surface area (Å²) in [6, 6.07) is 5.19. The lowest BCUT2D eigenvalue weighted by Gasteiger charge is -2.18. The van der Waals surface area contributed by atoms with Crippen LogP contribution in [0, 0.1) is 17.1 Å². The molecule has 3 N–H and O–H groups in total. The van der Waals surface area contributed by atoms with Gasteiger partial charge >= 0.3 is 0 Å². The number of nitrogens with one attached hydrogen (secondary N) is 3. The van der Waals surface area contributed by atoms with E-state index >= 15 is 0 Å². The van der Waals surface area contributed by atoms with E-state index < -0.39 is 27.8 Å². The number of carbonyl (C=O) groups is 1. The minimum absolute atomic E-state index is 0.0904. The second kappa shape index (κ2) is 11.0. The van der Waals surface area contributed by atoms with E-state index in [1.807, 2.05) is 6.26 Å². The molecule has 0 bridgehead atoms. The maximum absolute atomic E-state index is 13.5. The topological polar surface area (TPSA) is 111 Å². The molecule has 0 fully saturated rings. The summed E-state index contributed by atoms with van der Waals surface area (Å²) in [4.78, 5) is 12.2. The summed E-state index contributed by atoms with van der Waals surface area (Å²) in [5.41, 5.74) is 0.250. The van der Waals surface area contributed by atoms with E-state index in [0.29, 0.717) is 17.9 Å². The first-order chi connectivity index (χ1) is 12.3. The third-order valence-corrected chi connectivity index (χ3v) is 5.54. The fourth-order valence-electron chi connectivity index (χ4n) is 2.07. The van der Waals surface area contributed by atoms with Crippen molar-refractivity contribution in [2.45, 2.75) is 19.4 Å². The van der Waals surface area contributed by atoms with Gasteiger partial charge < -0.3 is 10.6 Å². The Morgan fingerprint density at radius 3 is 2.73 bits per heavy atom. The average molecular weight is 403 g/mol. The van der Waals surface area contributed by atoms with Crippen molar-refractivity contribution in [3.05, 3.63) is 29.6 Å². The van der Waals surface area contributed by atoms with E-state index in [1.54, 1.807) is 12.1 Å². The number of hydrogen-bond donors (Lipinski definition) is 3. The number of carbonyl (C=O) groups excluding carboxylic acids is 1. The van der Waals surface area contributed by atoms with Crippen LogP contribution in [0.4, 0.5) is 10.1 Å². The molecule has 1 amide bonds. The van der Waals surface area contributed by atoms with Gasteiger partial charge in [0.15, 0.2) is 0 Å². The van der Waals surface area contributed by atoms with Gasteiger partial charge in [0.2, 0.25) is 15.9 Å². The van der Waals surface area contributed by atoms with Gasteiger partial charge in [-0.3, -0.25) is 4.79 Å². The molecule has 144 valence electrons. The van der Waals surface area contributed by atoms with Crippen molar-refractivity contribution in [1.29, 1.82) is 5.26 Å². The van der Waals surface area contributed by atoms with Crippen molar-refractivity contribution in [2.24, 2.45) is 0 Å². The zero-order chi connectivity index (χ0) is 19.6. The fraction of sp³-hybridized carbons (Fsp3) is 0.500. The average Bonchev–Trinajstić information content (AvgIpc) is 2.62. The van der Waals surface area contributed by atoms with Crippen LogP contribution in [-0.2, 0) is 14.8 Å². The molecule has 10 heteroatoms. The van der Waals surface area contributed by atoms with Crippen LogP contribution in [0.1, 0.15) is 18.9 Å². The predicted molar refractivity (Wildman–Crippen MR) is 102 cm³/mol. The third-order valence-electron chi connectivity index (χ3n) is 3.49. The van der Waals surface area contributed by atoms with E-state index in [9.17, 15) is 17.6 Å². The number of nitriles is 1. The lowest BCUT2D eigenvalue weighted by molar-refractivity contribution is -0.122. The Bertz CT molecular complexity index is 750. The summed E-state index contributed by atoms with van der Waals surface area (Å²) in [7, 11) is -3.49. The predicted octanol–water partition coefficient (Wildman–Crippen LogP) is 1.29. The molecule has 0 aromatic heterocycles. The first-order valence-corrected chi connectivity index (χ1v) is 11.1. The van der Waals surface area contributed by atoms with E-state index in [1.165, 1.54) is 30.8 Å². The van der Waals surface area contributed by atoms with Crippen LogP contribution in [0.5, 0.6) is 0 Å². The van der Waals surface area contributed by atoms with Gasteiger partial charge in [0, 0.05) is 13.1 Å². The number of amides is 1. The molecule has 0 aliphatic rings. The number of halogens is 1. The van der Waals surface area contributed by atoms with Crippen molar-refractivity contribution in [2.75, 3.05) is 36.2 Å². The van der Waals surface area contributed by atoms with Crippen molar-refractivity contribution < 1.29 is 17.6 Å². The molecule has 1 atom stereocenters. The van der Waals surface area contributed by atoms with E-state index in [2.05, 4.69) is 15.4 Å². The van der Waals surface area contributed by atoms with Crippen LogP contribution in [0.25, 0.3) is 0 Å². The molecule has 0 heterocycles. The first kappa shape index (κ1) is 22.2. The molecule has 1 rings (SSSR count). The number of hydrogen-bond acceptors (Lipinski definition) is 6. The summed E-state index contributed by atoms with van der Waals surface area (Å²) in [6.07, 6.45) is 2.25. The van der Waals surface area contributed by atoms with Crippen molar-refractivity contribution in [1.82, 2.24) is 10.0 Å². The number of benzene rings is 1. The Morgan fingerprint density at radius 2 is 2.12 bits per heavy atom. The second-order valence-corrected chi connectivity index (χ2v) is 8.38. The Labute approximate surface area is 157 Å². The molecule has 1 aromatic carbocycles. The minimum atomic E-state index is -3.49. The maximum atomic E-state index is 13.5. The molecule has 0 aliphatic heterocycles. The van der Waals surface area contributed by atoms with E-state index in [-0.39, 0.29) is 24.4 Å². The molecule has 0 saturated heterocycles. The highest BCUT2D eigenvalue weighted by molar-refractivity contribution is 7.98. The molecular formula is C16H23FN4O3S2. The highest BCUT2D eigenvalue weighted by Gasteiger charge is 2.22. The standard InChI is InChI=1S/C16H23FN4O3S2/c1-3-26(23,24)21-15(7-10-25-2)16(22)20-9-8-19-14-6-4-5-13(17)12(14)11-18/h4-6,15,19,21H,3,7-10H2,1-2H3,(H,20,22). The van der Waals surface area contributed by atoms with Crippen LogP contribution in [0.2, 0.25) is 0 Å². The molecule has 26 heavy (non-hydrogen) atoms.